The molecule has 0 unspecified atom stereocenters. The summed E-state index contributed by atoms with van der Waals surface area (Å²) in [6, 6.07) is 3.60. The summed E-state index contributed by atoms with van der Waals surface area (Å²) in [6.45, 7) is 7.05. The van der Waals surface area contributed by atoms with Crippen molar-refractivity contribution in [2.75, 3.05) is 25.4 Å². The zero-order valence-corrected chi connectivity index (χ0v) is 10.1. The van der Waals surface area contributed by atoms with E-state index in [0.29, 0.717) is 11.4 Å². The van der Waals surface area contributed by atoms with Crippen molar-refractivity contribution in [1.82, 2.24) is 4.90 Å². The number of ketones is 1. The summed E-state index contributed by atoms with van der Waals surface area (Å²) in [4.78, 5) is 14.7. The molecule has 4 heteroatoms. The lowest BCUT2D eigenvalue weighted by atomic mass is 10.2. The van der Waals surface area contributed by atoms with Gasteiger partial charge in [-0.15, -0.1) is 11.3 Å². The fourth-order valence-corrected chi connectivity index (χ4v) is 2.17. The molecule has 0 aliphatic rings. The molecule has 0 atom stereocenters. The van der Waals surface area contributed by atoms with E-state index in [0.717, 1.165) is 24.5 Å². The second-order valence-electron chi connectivity index (χ2n) is 3.40. The molecule has 0 aliphatic heterocycles. The smallest absolute Gasteiger partial charge is 0.174 e. The molecule has 1 aromatic rings. The van der Waals surface area contributed by atoms with Crippen LogP contribution in [0.3, 0.4) is 0 Å². The number of nitrogens with two attached hydrogens (primary N) is 1. The normalized spacial score (nSPS) is 10.9. The molecule has 2 N–H and O–H groups in total. The number of anilines is 1. The van der Waals surface area contributed by atoms with Gasteiger partial charge in [0.1, 0.15) is 0 Å². The highest BCUT2D eigenvalue weighted by Gasteiger charge is 2.09. The molecule has 3 nitrogen and oxygen atoms in total. The Bertz CT molecular complexity index is 318. The molecule has 0 radical (unpaired) electrons. The number of hydrogen-bond acceptors (Lipinski definition) is 4. The first-order valence-corrected chi connectivity index (χ1v) is 6.09. The number of Topliss-reactive ketones (excluding diaryl/α,β-unsaturated/α-hetero) is 1. The third-order valence-electron chi connectivity index (χ3n) is 2.45. The molecule has 84 valence electrons. The van der Waals surface area contributed by atoms with E-state index in [9.17, 15) is 4.79 Å². The summed E-state index contributed by atoms with van der Waals surface area (Å²) in [7, 11) is 0. The molecule has 0 aromatic carbocycles. The van der Waals surface area contributed by atoms with Gasteiger partial charge in [-0.1, -0.05) is 13.8 Å². The van der Waals surface area contributed by atoms with E-state index >= 15 is 0 Å². The molecule has 15 heavy (non-hydrogen) atoms. The number of nitrogens with zero attached hydrogens (tertiary/aromatic N) is 1. The Morgan fingerprint density at radius 1 is 1.40 bits per heavy atom. The average Bonchev–Trinajstić information content (AvgIpc) is 2.66. The maximum Gasteiger partial charge on any atom is 0.174 e. The summed E-state index contributed by atoms with van der Waals surface area (Å²) in [5.41, 5.74) is 5.58. The van der Waals surface area contributed by atoms with E-state index in [2.05, 4.69) is 18.7 Å². The van der Waals surface area contributed by atoms with Gasteiger partial charge in [0.05, 0.1) is 9.88 Å². The summed E-state index contributed by atoms with van der Waals surface area (Å²) < 4.78 is 0. The highest BCUT2D eigenvalue weighted by atomic mass is 32.1. The minimum atomic E-state index is 0.198. The Morgan fingerprint density at radius 3 is 2.53 bits per heavy atom. The minimum Gasteiger partial charge on any atom is -0.391 e. The van der Waals surface area contributed by atoms with E-state index in [4.69, 9.17) is 5.73 Å². The van der Waals surface area contributed by atoms with Crippen LogP contribution in [0.5, 0.6) is 0 Å². The molecule has 1 aromatic heterocycles. The zero-order chi connectivity index (χ0) is 11.3. The van der Waals surface area contributed by atoms with Crippen LogP contribution in [-0.2, 0) is 0 Å². The second kappa shape index (κ2) is 5.88. The van der Waals surface area contributed by atoms with Crippen molar-refractivity contribution in [2.45, 2.75) is 20.3 Å². The molecule has 0 spiro atoms. The van der Waals surface area contributed by atoms with Crippen LogP contribution < -0.4 is 5.73 Å². The third-order valence-corrected chi connectivity index (χ3v) is 3.41. The maximum atomic E-state index is 11.7. The number of carbonyl (C=O) groups excluding carboxylic acids is 1. The highest BCUT2D eigenvalue weighted by molar-refractivity contribution is 7.17. The first kappa shape index (κ1) is 12.2. The lowest BCUT2D eigenvalue weighted by Crippen LogP contribution is -2.25. The van der Waals surface area contributed by atoms with Crippen molar-refractivity contribution >= 4 is 22.1 Å². The number of nitrogen functional groups attached to an aromatic ring is 1. The Balaban J connectivity index is 2.42. The lowest BCUT2D eigenvalue weighted by molar-refractivity contribution is 0.0970. The predicted octanol–water partition coefficient (Wildman–Crippen LogP) is 2.24. The van der Waals surface area contributed by atoms with Crippen LogP contribution in [0.25, 0.3) is 0 Å². The van der Waals surface area contributed by atoms with E-state index in [-0.39, 0.29) is 5.78 Å². The number of thiophene rings is 1. The maximum absolute atomic E-state index is 11.7. The highest BCUT2D eigenvalue weighted by Crippen LogP contribution is 2.19. The SMILES string of the molecule is CCN(CC)CCC(=O)c1ccc(N)s1. The van der Waals surface area contributed by atoms with Gasteiger partial charge < -0.3 is 10.6 Å². The molecule has 1 heterocycles. The third kappa shape index (κ3) is 3.64. The van der Waals surface area contributed by atoms with Crippen LogP contribution in [0.15, 0.2) is 12.1 Å². The monoisotopic (exact) mass is 226 g/mol. The molecule has 0 amide bonds. The topological polar surface area (TPSA) is 46.3 Å². The van der Waals surface area contributed by atoms with Gasteiger partial charge in [-0.2, -0.15) is 0 Å². The van der Waals surface area contributed by atoms with Crippen molar-refractivity contribution in [3.8, 4) is 0 Å². The van der Waals surface area contributed by atoms with Crippen LogP contribution in [0.2, 0.25) is 0 Å². The molecule has 1 rings (SSSR count). The summed E-state index contributed by atoms with van der Waals surface area (Å²) in [5.74, 6) is 0.198. The van der Waals surface area contributed by atoms with Crippen molar-refractivity contribution in [3.05, 3.63) is 17.0 Å². The molecule has 0 bridgehead atoms. The standard InChI is InChI=1S/C11H18N2OS/c1-3-13(4-2)8-7-9(14)10-5-6-11(12)15-10/h5-6H,3-4,7-8,12H2,1-2H3. The van der Waals surface area contributed by atoms with Gasteiger partial charge in [0.25, 0.3) is 0 Å². The molecule has 0 aliphatic carbocycles. The van der Waals surface area contributed by atoms with Crippen LogP contribution in [0.1, 0.15) is 29.9 Å². The van der Waals surface area contributed by atoms with E-state index in [1.165, 1.54) is 11.3 Å². The second-order valence-corrected chi connectivity index (χ2v) is 4.52. The first-order valence-electron chi connectivity index (χ1n) is 5.28. The van der Waals surface area contributed by atoms with Crippen LogP contribution in [0.4, 0.5) is 5.00 Å². The Labute approximate surface area is 94.9 Å². The summed E-state index contributed by atoms with van der Waals surface area (Å²) in [5, 5.41) is 0.709. The number of hydrogen-bond donors (Lipinski definition) is 1. The van der Waals surface area contributed by atoms with E-state index < -0.39 is 0 Å². The lowest BCUT2D eigenvalue weighted by Gasteiger charge is -2.16. The van der Waals surface area contributed by atoms with Crippen molar-refractivity contribution < 1.29 is 4.79 Å². The van der Waals surface area contributed by atoms with Crippen molar-refractivity contribution in [2.24, 2.45) is 0 Å². The van der Waals surface area contributed by atoms with Crippen molar-refractivity contribution in [3.63, 3.8) is 0 Å². The summed E-state index contributed by atoms with van der Waals surface area (Å²) in [6.07, 6.45) is 0.585. The summed E-state index contributed by atoms with van der Waals surface area (Å²) >= 11 is 1.37. The molecular weight excluding hydrogens is 208 g/mol. The fourth-order valence-electron chi connectivity index (χ4n) is 1.43. The fraction of sp³-hybridized carbons (Fsp3) is 0.545. The van der Waals surface area contributed by atoms with Crippen LogP contribution >= 0.6 is 11.3 Å². The van der Waals surface area contributed by atoms with E-state index in [1.54, 1.807) is 6.07 Å². The largest absolute Gasteiger partial charge is 0.391 e. The van der Waals surface area contributed by atoms with Crippen molar-refractivity contribution in [1.29, 1.82) is 0 Å². The van der Waals surface area contributed by atoms with E-state index in [1.807, 2.05) is 6.07 Å². The number of rotatable bonds is 6. The predicted molar refractivity (Wildman–Crippen MR) is 65.5 cm³/mol. The molecule has 0 fully saturated rings. The van der Waals surface area contributed by atoms with Gasteiger partial charge in [-0.25, -0.2) is 0 Å². The quantitative estimate of drug-likeness (QED) is 0.757. The van der Waals surface area contributed by atoms with Crippen LogP contribution in [-0.4, -0.2) is 30.3 Å². The van der Waals surface area contributed by atoms with Gasteiger partial charge in [0.2, 0.25) is 0 Å². The average molecular weight is 226 g/mol. The Hall–Kier alpha value is -0.870. The molecule has 0 saturated heterocycles. The first-order chi connectivity index (χ1) is 7.17. The number of carbonyl (C=O) groups is 1. The van der Waals surface area contributed by atoms with Gasteiger partial charge in [0, 0.05) is 13.0 Å². The van der Waals surface area contributed by atoms with Gasteiger partial charge in [-0.3, -0.25) is 4.79 Å². The van der Waals surface area contributed by atoms with Gasteiger partial charge in [0.15, 0.2) is 5.78 Å². The zero-order valence-electron chi connectivity index (χ0n) is 9.32. The Morgan fingerprint density at radius 2 is 2.07 bits per heavy atom. The molecular formula is C11H18N2OS. The van der Waals surface area contributed by atoms with Gasteiger partial charge in [-0.05, 0) is 25.2 Å². The molecule has 0 saturated carbocycles. The Kier molecular flexibility index (Phi) is 4.78. The minimum absolute atomic E-state index is 0.198. The van der Waals surface area contributed by atoms with Gasteiger partial charge >= 0.3 is 0 Å². The van der Waals surface area contributed by atoms with Crippen LogP contribution in [0, 0.1) is 0 Å².